The van der Waals surface area contributed by atoms with Crippen LogP contribution in [0.1, 0.15) is 72.1 Å². The van der Waals surface area contributed by atoms with E-state index >= 15 is 0 Å². The van der Waals surface area contributed by atoms with E-state index in [-0.39, 0.29) is 11.4 Å². The predicted molar refractivity (Wildman–Crippen MR) is 97.7 cm³/mol. The Morgan fingerprint density at radius 2 is 1.71 bits per heavy atom. The minimum absolute atomic E-state index is 0.0690. The maximum absolute atomic E-state index is 11.4. The van der Waals surface area contributed by atoms with Gasteiger partial charge in [-0.25, -0.2) is 0 Å². The number of methoxy groups -OCH3 is 2. The first-order valence-electron chi connectivity index (χ1n) is 9.92. The van der Waals surface area contributed by atoms with Gasteiger partial charge in [-0.15, -0.1) is 0 Å². The fourth-order valence-electron chi connectivity index (χ4n) is 5.61. The fourth-order valence-corrected chi connectivity index (χ4v) is 5.61. The van der Waals surface area contributed by atoms with E-state index in [4.69, 9.17) is 9.47 Å². The summed E-state index contributed by atoms with van der Waals surface area (Å²) in [5.41, 5.74) is 0.245. The van der Waals surface area contributed by atoms with E-state index in [2.05, 4.69) is 20.8 Å². The highest BCUT2D eigenvalue weighted by Gasteiger charge is 2.45. The van der Waals surface area contributed by atoms with Gasteiger partial charge in [0.2, 0.25) is 0 Å². The van der Waals surface area contributed by atoms with Gasteiger partial charge in [0.1, 0.15) is 0 Å². The van der Waals surface area contributed by atoms with Crippen LogP contribution in [0.15, 0.2) is 0 Å². The highest BCUT2D eigenvalue weighted by Crippen LogP contribution is 2.55. The highest BCUT2D eigenvalue weighted by atomic mass is 16.5. The highest BCUT2D eigenvalue weighted by molar-refractivity contribution is 5.69. The number of carbonyl (C=O) groups excluding carboxylic acids is 1. The first-order valence-corrected chi connectivity index (χ1v) is 9.92. The molecule has 2 aliphatic rings. The number of carbonyl (C=O) groups is 1. The third kappa shape index (κ3) is 5.21. The summed E-state index contributed by atoms with van der Waals surface area (Å²) in [6, 6.07) is 0. The molecule has 3 heteroatoms. The average Bonchev–Trinajstić information content (AvgIpc) is 3.09. The third-order valence-corrected chi connectivity index (χ3v) is 6.71. The van der Waals surface area contributed by atoms with Gasteiger partial charge in [0.15, 0.2) is 0 Å². The van der Waals surface area contributed by atoms with Gasteiger partial charge in [-0.1, -0.05) is 20.8 Å². The summed E-state index contributed by atoms with van der Waals surface area (Å²) in [5, 5.41) is 0. The van der Waals surface area contributed by atoms with Crippen molar-refractivity contribution in [1.82, 2.24) is 0 Å². The van der Waals surface area contributed by atoms with Gasteiger partial charge < -0.3 is 9.47 Å². The van der Waals surface area contributed by atoms with Gasteiger partial charge in [0.25, 0.3) is 0 Å². The van der Waals surface area contributed by atoms with E-state index < -0.39 is 0 Å². The van der Waals surface area contributed by atoms with E-state index in [1.54, 1.807) is 0 Å². The molecule has 0 amide bonds. The van der Waals surface area contributed by atoms with E-state index in [9.17, 15) is 4.79 Å². The molecule has 0 N–H and O–H groups in total. The molecule has 5 atom stereocenters. The molecule has 2 rings (SSSR count). The van der Waals surface area contributed by atoms with Gasteiger partial charge in [0, 0.05) is 20.1 Å². The van der Waals surface area contributed by atoms with Gasteiger partial charge in [-0.2, -0.15) is 0 Å². The summed E-state index contributed by atoms with van der Waals surface area (Å²) in [6.45, 7) is 7.89. The standard InChI is InChI=1S/C21H38O3/c1-15(14-23-4)12-16-6-8-19-17(7-9-18(16)19)13-21(2,3)11-10-20(22)24-5/h15-19H,6-14H2,1-5H3. The summed E-state index contributed by atoms with van der Waals surface area (Å²) < 4.78 is 10.1. The minimum Gasteiger partial charge on any atom is -0.469 e. The molecular formula is C21H38O3. The van der Waals surface area contributed by atoms with E-state index in [0.29, 0.717) is 12.3 Å². The molecule has 0 spiro atoms. The Bertz CT molecular complexity index is 404. The zero-order valence-corrected chi connectivity index (χ0v) is 16.5. The Morgan fingerprint density at radius 3 is 2.33 bits per heavy atom. The molecule has 0 aromatic carbocycles. The molecule has 24 heavy (non-hydrogen) atoms. The Hall–Kier alpha value is -0.570. The predicted octanol–water partition coefficient (Wildman–Crippen LogP) is 5.08. The van der Waals surface area contributed by atoms with E-state index in [1.165, 1.54) is 45.6 Å². The van der Waals surface area contributed by atoms with Crippen molar-refractivity contribution in [2.45, 2.75) is 72.1 Å². The van der Waals surface area contributed by atoms with Crippen LogP contribution in [0.5, 0.6) is 0 Å². The lowest BCUT2D eigenvalue weighted by atomic mass is 9.75. The zero-order chi connectivity index (χ0) is 17.7. The Balaban J connectivity index is 1.84. The maximum Gasteiger partial charge on any atom is 0.305 e. The van der Waals surface area contributed by atoms with E-state index in [0.717, 1.165) is 36.7 Å². The number of rotatable bonds is 9. The molecule has 0 aromatic heterocycles. The molecule has 0 heterocycles. The second-order valence-corrected chi connectivity index (χ2v) is 9.24. The second kappa shape index (κ2) is 8.69. The van der Waals surface area contributed by atoms with Crippen LogP contribution in [0.25, 0.3) is 0 Å². The maximum atomic E-state index is 11.4. The number of esters is 1. The largest absolute Gasteiger partial charge is 0.469 e. The van der Waals surface area contributed by atoms with Crippen molar-refractivity contribution in [1.29, 1.82) is 0 Å². The average molecular weight is 339 g/mol. The van der Waals surface area contributed by atoms with Crippen LogP contribution in [0.4, 0.5) is 0 Å². The number of fused-ring (bicyclic) bond motifs is 1. The van der Waals surface area contributed by atoms with Crippen LogP contribution in [-0.4, -0.2) is 26.8 Å². The third-order valence-electron chi connectivity index (χ3n) is 6.71. The summed E-state index contributed by atoms with van der Waals surface area (Å²) in [5.74, 6) is 4.29. The Labute approximate surface area is 148 Å². The summed E-state index contributed by atoms with van der Waals surface area (Å²) in [7, 11) is 3.30. The van der Waals surface area contributed by atoms with E-state index in [1.807, 2.05) is 7.11 Å². The molecule has 0 bridgehead atoms. The van der Waals surface area contributed by atoms with Gasteiger partial charge in [-0.05, 0) is 80.0 Å². The van der Waals surface area contributed by atoms with Crippen molar-refractivity contribution < 1.29 is 14.3 Å². The van der Waals surface area contributed by atoms with Gasteiger partial charge in [0.05, 0.1) is 7.11 Å². The molecule has 2 saturated carbocycles. The normalized spacial score (nSPS) is 31.0. The van der Waals surface area contributed by atoms with Crippen LogP contribution < -0.4 is 0 Å². The van der Waals surface area contributed by atoms with Crippen molar-refractivity contribution >= 4 is 5.97 Å². The molecule has 140 valence electrons. The fraction of sp³-hybridized carbons (Fsp3) is 0.952. The van der Waals surface area contributed by atoms with Crippen LogP contribution in [0, 0.1) is 35.0 Å². The van der Waals surface area contributed by atoms with Crippen molar-refractivity contribution in [3.63, 3.8) is 0 Å². The first-order chi connectivity index (χ1) is 11.4. The molecule has 0 radical (unpaired) electrons. The smallest absolute Gasteiger partial charge is 0.305 e. The van der Waals surface area contributed by atoms with Crippen molar-refractivity contribution in [2.24, 2.45) is 35.0 Å². The lowest BCUT2D eigenvalue weighted by Gasteiger charge is -2.31. The van der Waals surface area contributed by atoms with Crippen molar-refractivity contribution in [2.75, 3.05) is 20.8 Å². The number of hydrogen-bond donors (Lipinski definition) is 0. The lowest BCUT2D eigenvalue weighted by Crippen LogP contribution is -2.22. The van der Waals surface area contributed by atoms with Gasteiger partial charge in [-0.3, -0.25) is 4.79 Å². The molecule has 0 saturated heterocycles. The van der Waals surface area contributed by atoms with Crippen LogP contribution in [-0.2, 0) is 14.3 Å². The summed E-state index contributed by atoms with van der Waals surface area (Å²) in [6.07, 6.45) is 9.77. The monoisotopic (exact) mass is 338 g/mol. The van der Waals surface area contributed by atoms with Crippen LogP contribution in [0.2, 0.25) is 0 Å². The lowest BCUT2D eigenvalue weighted by molar-refractivity contribution is -0.141. The van der Waals surface area contributed by atoms with Gasteiger partial charge >= 0.3 is 5.97 Å². The minimum atomic E-state index is -0.0690. The quantitative estimate of drug-likeness (QED) is 0.550. The summed E-state index contributed by atoms with van der Waals surface area (Å²) in [4.78, 5) is 11.4. The topological polar surface area (TPSA) is 35.5 Å². The zero-order valence-electron chi connectivity index (χ0n) is 16.5. The molecule has 5 unspecified atom stereocenters. The molecule has 0 aromatic rings. The Kier molecular flexibility index (Phi) is 7.15. The number of ether oxygens (including phenoxy) is 2. The first kappa shape index (κ1) is 19.8. The van der Waals surface area contributed by atoms with Crippen molar-refractivity contribution in [3.05, 3.63) is 0 Å². The molecule has 0 aliphatic heterocycles. The SMILES string of the molecule is COCC(C)CC1CCC2C(CC(C)(C)CCC(=O)OC)CCC12. The molecular weight excluding hydrogens is 300 g/mol. The van der Waals surface area contributed by atoms with Crippen LogP contribution >= 0.6 is 0 Å². The second-order valence-electron chi connectivity index (χ2n) is 9.24. The molecule has 2 fully saturated rings. The Morgan fingerprint density at radius 1 is 1.08 bits per heavy atom. The van der Waals surface area contributed by atoms with Crippen molar-refractivity contribution in [3.8, 4) is 0 Å². The van der Waals surface area contributed by atoms with Crippen LogP contribution in [0.3, 0.4) is 0 Å². The summed E-state index contributed by atoms with van der Waals surface area (Å²) >= 11 is 0. The number of hydrogen-bond acceptors (Lipinski definition) is 3. The molecule has 2 aliphatic carbocycles. The molecule has 3 nitrogen and oxygen atoms in total.